The standard InChI is InChI=1S/C24H46O5/c1-2-3-4-5-6-7-8-9-10-11-12-13-14-15-16-17-18-28-22-20-29-24(23(22)27)21(26)19-25/h9-10,21-27H,2-8,11-20H2,1H3/b10-9+/t21-,22+,23+,24+/m1/s1. The second-order valence-corrected chi connectivity index (χ2v) is 8.39. The molecule has 1 aliphatic heterocycles. The SMILES string of the molecule is CCCCCCCC/C=C/CCCCCCCCO[C@H]1CO[C@@H]([C@H](O)CO)[C@H]1O. The van der Waals surface area contributed by atoms with E-state index in [1.165, 1.54) is 77.0 Å². The van der Waals surface area contributed by atoms with Crippen LogP contribution in [0.15, 0.2) is 12.2 Å². The van der Waals surface area contributed by atoms with Gasteiger partial charge in [0.15, 0.2) is 0 Å². The highest BCUT2D eigenvalue weighted by Gasteiger charge is 2.40. The molecule has 29 heavy (non-hydrogen) atoms. The zero-order valence-electron chi connectivity index (χ0n) is 18.6. The van der Waals surface area contributed by atoms with Crippen molar-refractivity contribution in [3.63, 3.8) is 0 Å². The number of hydrogen-bond donors (Lipinski definition) is 3. The van der Waals surface area contributed by atoms with E-state index < -0.39 is 31.0 Å². The summed E-state index contributed by atoms with van der Waals surface area (Å²) in [6.45, 7) is 2.73. The summed E-state index contributed by atoms with van der Waals surface area (Å²) in [7, 11) is 0. The molecule has 0 saturated carbocycles. The number of rotatable bonds is 19. The molecule has 1 rings (SSSR count). The van der Waals surface area contributed by atoms with Gasteiger partial charge in [-0.05, 0) is 32.1 Å². The predicted octanol–water partition coefficient (Wildman–Crippen LogP) is 4.52. The Morgan fingerprint density at radius 2 is 1.45 bits per heavy atom. The van der Waals surface area contributed by atoms with Gasteiger partial charge in [-0.1, -0.05) is 76.9 Å². The van der Waals surface area contributed by atoms with Gasteiger partial charge in [-0.2, -0.15) is 0 Å². The van der Waals surface area contributed by atoms with Gasteiger partial charge in [-0.3, -0.25) is 0 Å². The van der Waals surface area contributed by atoms with Gasteiger partial charge in [0.25, 0.3) is 0 Å². The second kappa shape index (κ2) is 18.3. The highest BCUT2D eigenvalue weighted by atomic mass is 16.6. The van der Waals surface area contributed by atoms with Crippen molar-refractivity contribution in [3.05, 3.63) is 12.2 Å². The van der Waals surface area contributed by atoms with Crippen molar-refractivity contribution in [2.75, 3.05) is 19.8 Å². The van der Waals surface area contributed by atoms with Crippen LogP contribution in [-0.4, -0.2) is 59.6 Å². The fourth-order valence-corrected chi connectivity index (χ4v) is 3.79. The van der Waals surface area contributed by atoms with Crippen LogP contribution < -0.4 is 0 Å². The Morgan fingerprint density at radius 3 is 2.03 bits per heavy atom. The molecule has 3 N–H and O–H groups in total. The van der Waals surface area contributed by atoms with E-state index in [-0.39, 0.29) is 6.61 Å². The van der Waals surface area contributed by atoms with E-state index in [4.69, 9.17) is 14.6 Å². The minimum atomic E-state index is -1.05. The van der Waals surface area contributed by atoms with Gasteiger partial charge < -0.3 is 24.8 Å². The first-order valence-electron chi connectivity index (χ1n) is 12.1. The Kier molecular flexibility index (Phi) is 16.8. The average molecular weight is 415 g/mol. The molecule has 0 amide bonds. The molecule has 0 aromatic rings. The van der Waals surface area contributed by atoms with E-state index in [0.29, 0.717) is 6.61 Å². The third-order valence-electron chi connectivity index (χ3n) is 5.72. The van der Waals surface area contributed by atoms with Gasteiger partial charge in [0.05, 0.1) is 13.2 Å². The third kappa shape index (κ3) is 12.7. The highest BCUT2D eigenvalue weighted by Crippen LogP contribution is 2.20. The molecule has 0 bridgehead atoms. The molecule has 172 valence electrons. The zero-order chi connectivity index (χ0) is 21.2. The highest BCUT2D eigenvalue weighted by molar-refractivity contribution is 4.88. The molecular weight excluding hydrogens is 368 g/mol. The van der Waals surface area contributed by atoms with Gasteiger partial charge in [-0.15, -0.1) is 0 Å². The van der Waals surface area contributed by atoms with Crippen LogP contribution in [0.2, 0.25) is 0 Å². The summed E-state index contributed by atoms with van der Waals surface area (Å²) in [6.07, 6.45) is 19.5. The second-order valence-electron chi connectivity index (χ2n) is 8.39. The fourth-order valence-electron chi connectivity index (χ4n) is 3.79. The molecule has 0 radical (unpaired) electrons. The molecule has 1 heterocycles. The Morgan fingerprint density at radius 1 is 0.897 bits per heavy atom. The lowest BCUT2D eigenvalue weighted by Crippen LogP contribution is -2.41. The van der Waals surface area contributed by atoms with Crippen molar-refractivity contribution < 1.29 is 24.8 Å². The van der Waals surface area contributed by atoms with Crippen molar-refractivity contribution in [2.45, 2.75) is 121 Å². The van der Waals surface area contributed by atoms with Gasteiger partial charge in [0.1, 0.15) is 24.4 Å². The van der Waals surface area contributed by atoms with E-state index in [2.05, 4.69) is 19.1 Å². The summed E-state index contributed by atoms with van der Waals surface area (Å²) in [5, 5.41) is 28.6. The van der Waals surface area contributed by atoms with Crippen LogP contribution in [0.5, 0.6) is 0 Å². The van der Waals surface area contributed by atoms with E-state index in [1.807, 2.05) is 0 Å². The van der Waals surface area contributed by atoms with Crippen molar-refractivity contribution in [1.82, 2.24) is 0 Å². The molecular formula is C24H46O5. The molecule has 0 aromatic heterocycles. The first-order chi connectivity index (χ1) is 14.2. The first kappa shape index (κ1) is 26.6. The molecule has 0 aromatic carbocycles. The topological polar surface area (TPSA) is 79.2 Å². The van der Waals surface area contributed by atoms with Crippen LogP contribution in [0.25, 0.3) is 0 Å². The van der Waals surface area contributed by atoms with Gasteiger partial charge in [0.2, 0.25) is 0 Å². The number of hydrogen-bond acceptors (Lipinski definition) is 5. The quantitative estimate of drug-likeness (QED) is 0.214. The molecule has 0 unspecified atom stereocenters. The lowest BCUT2D eigenvalue weighted by Gasteiger charge is -2.20. The first-order valence-corrected chi connectivity index (χ1v) is 12.1. The summed E-state index contributed by atoms with van der Waals surface area (Å²) >= 11 is 0. The Bertz CT molecular complexity index is 387. The summed E-state index contributed by atoms with van der Waals surface area (Å²) in [5.74, 6) is 0. The molecule has 0 aliphatic carbocycles. The largest absolute Gasteiger partial charge is 0.394 e. The monoisotopic (exact) mass is 414 g/mol. The molecule has 1 saturated heterocycles. The zero-order valence-corrected chi connectivity index (χ0v) is 18.6. The van der Waals surface area contributed by atoms with Gasteiger partial charge >= 0.3 is 0 Å². The molecule has 4 atom stereocenters. The van der Waals surface area contributed by atoms with E-state index in [0.717, 1.165) is 12.8 Å². The lowest BCUT2D eigenvalue weighted by molar-refractivity contribution is -0.0730. The fraction of sp³-hybridized carbons (Fsp3) is 0.917. The number of aliphatic hydroxyl groups excluding tert-OH is 3. The summed E-state index contributed by atoms with van der Waals surface area (Å²) < 4.78 is 11.0. The minimum absolute atomic E-state index is 0.273. The maximum absolute atomic E-state index is 10.1. The number of aliphatic hydroxyl groups is 3. The van der Waals surface area contributed by atoms with Crippen molar-refractivity contribution >= 4 is 0 Å². The van der Waals surface area contributed by atoms with Crippen LogP contribution in [0, 0.1) is 0 Å². The van der Waals surface area contributed by atoms with E-state index in [1.54, 1.807) is 0 Å². The Labute approximate surface area is 178 Å². The summed E-state index contributed by atoms with van der Waals surface area (Å²) in [6, 6.07) is 0. The van der Waals surface area contributed by atoms with Crippen LogP contribution in [-0.2, 0) is 9.47 Å². The molecule has 1 aliphatic rings. The average Bonchev–Trinajstić information content (AvgIpc) is 3.10. The van der Waals surface area contributed by atoms with Crippen LogP contribution >= 0.6 is 0 Å². The normalized spacial score (nSPS) is 23.2. The minimum Gasteiger partial charge on any atom is -0.394 e. The number of unbranched alkanes of at least 4 members (excludes halogenated alkanes) is 12. The van der Waals surface area contributed by atoms with Crippen molar-refractivity contribution in [2.24, 2.45) is 0 Å². The van der Waals surface area contributed by atoms with Crippen LogP contribution in [0.1, 0.15) is 96.8 Å². The van der Waals surface area contributed by atoms with E-state index >= 15 is 0 Å². The summed E-state index contributed by atoms with van der Waals surface area (Å²) in [4.78, 5) is 0. The van der Waals surface area contributed by atoms with Crippen molar-refractivity contribution in [1.29, 1.82) is 0 Å². The van der Waals surface area contributed by atoms with Crippen molar-refractivity contribution in [3.8, 4) is 0 Å². The molecule has 5 nitrogen and oxygen atoms in total. The Hall–Kier alpha value is -0.460. The molecule has 5 heteroatoms. The Balaban J connectivity index is 1.83. The van der Waals surface area contributed by atoms with Crippen LogP contribution in [0.3, 0.4) is 0 Å². The molecule has 0 spiro atoms. The van der Waals surface area contributed by atoms with Gasteiger partial charge in [0, 0.05) is 6.61 Å². The van der Waals surface area contributed by atoms with Crippen LogP contribution in [0.4, 0.5) is 0 Å². The maximum atomic E-state index is 10.1. The maximum Gasteiger partial charge on any atom is 0.114 e. The number of ether oxygens (including phenoxy) is 2. The predicted molar refractivity (Wildman–Crippen MR) is 118 cm³/mol. The lowest BCUT2D eigenvalue weighted by atomic mass is 10.1. The third-order valence-corrected chi connectivity index (χ3v) is 5.72. The molecule has 1 fully saturated rings. The van der Waals surface area contributed by atoms with E-state index in [9.17, 15) is 10.2 Å². The smallest absolute Gasteiger partial charge is 0.114 e. The summed E-state index contributed by atoms with van der Waals surface area (Å²) in [5.41, 5.74) is 0. The van der Waals surface area contributed by atoms with Gasteiger partial charge in [-0.25, -0.2) is 0 Å². The number of allylic oxidation sites excluding steroid dienone is 2.